The van der Waals surface area contributed by atoms with Crippen LogP contribution in [0.25, 0.3) is 10.9 Å². The van der Waals surface area contributed by atoms with Gasteiger partial charge in [-0.25, -0.2) is 9.18 Å². The molecule has 0 saturated heterocycles. The molecule has 1 aliphatic heterocycles. The average Bonchev–Trinajstić information content (AvgIpc) is 3.25. The standard InChI is InChI=1S/C23H23FN2O2.C2HF3O2/c1-27-21-11-16-15-5-3-4-6-19(15)26-23(17(16)12-22(21)28-2)20-10-13-9-14(24)7-8-18(13)25-20;3-2(4,5)1(6)7/h7-12,15,19,25H,3-6H2,1-2H3;(H,6,7)/t15-,19-;/m0./s1. The molecule has 2 aromatic carbocycles. The second-order valence-corrected chi connectivity index (χ2v) is 8.45. The molecule has 0 bridgehead atoms. The maximum absolute atomic E-state index is 13.7. The Morgan fingerprint density at radius 2 is 1.71 bits per heavy atom. The highest BCUT2D eigenvalue weighted by Crippen LogP contribution is 2.44. The smallest absolute Gasteiger partial charge is 0.490 e. The summed E-state index contributed by atoms with van der Waals surface area (Å²) in [6.07, 6.45) is -0.414. The van der Waals surface area contributed by atoms with Crippen molar-refractivity contribution in [3.05, 3.63) is 59.0 Å². The number of rotatable bonds is 3. The Morgan fingerprint density at radius 1 is 1.06 bits per heavy atom. The van der Waals surface area contributed by atoms with Gasteiger partial charge in [-0.2, -0.15) is 13.2 Å². The van der Waals surface area contributed by atoms with Gasteiger partial charge in [0.2, 0.25) is 0 Å². The molecule has 186 valence electrons. The van der Waals surface area contributed by atoms with Crippen LogP contribution in [0.2, 0.25) is 0 Å². The maximum Gasteiger partial charge on any atom is 0.490 e. The Kier molecular flexibility index (Phi) is 6.73. The van der Waals surface area contributed by atoms with Crippen molar-refractivity contribution in [1.29, 1.82) is 0 Å². The number of aromatic amines is 1. The van der Waals surface area contributed by atoms with Crippen molar-refractivity contribution in [3.63, 3.8) is 0 Å². The largest absolute Gasteiger partial charge is 0.493 e. The first kappa shape index (κ1) is 24.6. The molecule has 3 aromatic rings. The van der Waals surface area contributed by atoms with Crippen LogP contribution in [0, 0.1) is 5.82 Å². The monoisotopic (exact) mass is 492 g/mol. The quantitative estimate of drug-likeness (QED) is 0.451. The molecule has 0 amide bonds. The van der Waals surface area contributed by atoms with E-state index in [1.165, 1.54) is 24.5 Å². The summed E-state index contributed by atoms with van der Waals surface area (Å²) >= 11 is 0. The predicted octanol–water partition coefficient (Wildman–Crippen LogP) is 5.83. The molecule has 2 aliphatic rings. The summed E-state index contributed by atoms with van der Waals surface area (Å²) in [4.78, 5) is 17.5. The van der Waals surface area contributed by atoms with E-state index in [1.54, 1.807) is 26.4 Å². The van der Waals surface area contributed by atoms with Crippen molar-refractivity contribution in [2.24, 2.45) is 4.99 Å². The number of carboxylic acid groups (broad SMARTS) is 1. The lowest BCUT2D eigenvalue weighted by Crippen LogP contribution is -2.29. The van der Waals surface area contributed by atoms with E-state index in [9.17, 15) is 17.6 Å². The maximum atomic E-state index is 13.7. The van der Waals surface area contributed by atoms with Gasteiger partial charge in [0.15, 0.2) is 11.5 Å². The normalized spacial score (nSPS) is 19.1. The zero-order valence-corrected chi connectivity index (χ0v) is 19.1. The number of methoxy groups -OCH3 is 2. The molecule has 2 atom stereocenters. The number of nitrogens with zero attached hydrogens (tertiary/aromatic N) is 1. The second-order valence-electron chi connectivity index (χ2n) is 8.45. The van der Waals surface area contributed by atoms with Gasteiger partial charge in [0.25, 0.3) is 0 Å². The van der Waals surface area contributed by atoms with Gasteiger partial charge in [0.1, 0.15) is 5.82 Å². The lowest BCUT2D eigenvalue weighted by molar-refractivity contribution is -0.192. The van der Waals surface area contributed by atoms with E-state index in [4.69, 9.17) is 24.4 Å². The molecule has 2 N–H and O–H groups in total. The summed E-state index contributed by atoms with van der Waals surface area (Å²) in [5.41, 5.74) is 5.10. The predicted molar refractivity (Wildman–Crippen MR) is 122 cm³/mol. The van der Waals surface area contributed by atoms with E-state index in [1.807, 2.05) is 12.1 Å². The van der Waals surface area contributed by atoms with Crippen molar-refractivity contribution < 1.29 is 36.9 Å². The van der Waals surface area contributed by atoms with Crippen LogP contribution in [0.5, 0.6) is 11.5 Å². The minimum Gasteiger partial charge on any atom is -0.493 e. The molecule has 6 nitrogen and oxygen atoms in total. The van der Waals surface area contributed by atoms with Gasteiger partial charge in [-0.1, -0.05) is 12.8 Å². The second kappa shape index (κ2) is 9.59. The van der Waals surface area contributed by atoms with E-state index >= 15 is 0 Å². The molecule has 35 heavy (non-hydrogen) atoms. The Labute approximate surface area is 198 Å². The summed E-state index contributed by atoms with van der Waals surface area (Å²) in [5, 5.41) is 7.98. The number of fused-ring (bicyclic) bond motifs is 4. The number of alkyl halides is 3. The van der Waals surface area contributed by atoms with Crippen molar-refractivity contribution in [3.8, 4) is 11.5 Å². The Bertz CT molecular complexity index is 1280. The van der Waals surface area contributed by atoms with E-state index in [0.29, 0.717) is 11.7 Å². The number of hydrogen-bond acceptors (Lipinski definition) is 4. The van der Waals surface area contributed by atoms with Crippen LogP contribution in [0.3, 0.4) is 0 Å². The van der Waals surface area contributed by atoms with Crippen LogP contribution < -0.4 is 9.47 Å². The fraction of sp³-hybridized carbons (Fsp3) is 0.360. The molecule has 1 saturated carbocycles. The van der Waals surface area contributed by atoms with Gasteiger partial charge in [-0.15, -0.1) is 0 Å². The highest BCUT2D eigenvalue weighted by molar-refractivity contribution is 6.15. The molecule has 0 spiro atoms. The first-order valence-electron chi connectivity index (χ1n) is 11.0. The molecule has 0 unspecified atom stereocenters. The van der Waals surface area contributed by atoms with Gasteiger partial charge in [0.05, 0.1) is 31.7 Å². The van der Waals surface area contributed by atoms with Crippen molar-refractivity contribution >= 4 is 22.6 Å². The number of carbonyl (C=O) groups is 1. The summed E-state index contributed by atoms with van der Waals surface area (Å²) < 4.78 is 56.5. The van der Waals surface area contributed by atoms with Crippen LogP contribution in [-0.4, -0.2) is 48.2 Å². The third-order valence-electron chi connectivity index (χ3n) is 6.32. The summed E-state index contributed by atoms with van der Waals surface area (Å²) in [6, 6.07) is 11.2. The first-order chi connectivity index (χ1) is 16.6. The number of aromatic nitrogens is 1. The molecular formula is C25H24F4N2O4. The number of aliphatic carboxylic acids is 1. The number of nitrogens with one attached hydrogen (secondary N) is 1. The number of benzene rings is 2. The molecule has 1 aromatic heterocycles. The van der Waals surface area contributed by atoms with Gasteiger partial charge in [-0.3, -0.25) is 4.99 Å². The van der Waals surface area contributed by atoms with E-state index in [-0.39, 0.29) is 11.9 Å². The molecular weight excluding hydrogens is 468 g/mol. The van der Waals surface area contributed by atoms with Crippen LogP contribution in [0.15, 0.2) is 41.4 Å². The molecule has 10 heteroatoms. The zero-order valence-electron chi connectivity index (χ0n) is 19.1. The molecule has 0 radical (unpaired) electrons. The number of halogens is 4. The number of hydrogen-bond donors (Lipinski definition) is 2. The van der Waals surface area contributed by atoms with E-state index in [0.717, 1.165) is 46.5 Å². The average molecular weight is 492 g/mol. The summed E-state index contributed by atoms with van der Waals surface area (Å²) in [5.74, 6) is -1.12. The Hall–Kier alpha value is -3.56. The number of carboxylic acids is 1. The highest BCUT2D eigenvalue weighted by Gasteiger charge is 2.38. The fourth-order valence-corrected chi connectivity index (χ4v) is 4.72. The minimum atomic E-state index is -5.08. The third kappa shape index (κ3) is 4.96. The van der Waals surface area contributed by atoms with Crippen molar-refractivity contribution in [2.75, 3.05) is 14.2 Å². The van der Waals surface area contributed by atoms with Crippen molar-refractivity contribution in [1.82, 2.24) is 4.98 Å². The van der Waals surface area contributed by atoms with Gasteiger partial charge in [-0.05, 0) is 54.8 Å². The van der Waals surface area contributed by atoms with E-state index < -0.39 is 12.1 Å². The van der Waals surface area contributed by atoms with Crippen molar-refractivity contribution in [2.45, 2.75) is 43.8 Å². The number of H-pyrrole nitrogens is 1. The number of aliphatic imine (C=N–C) groups is 1. The van der Waals surface area contributed by atoms with Gasteiger partial charge in [0, 0.05) is 22.4 Å². The molecule has 2 heterocycles. The first-order valence-corrected chi connectivity index (χ1v) is 11.0. The highest BCUT2D eigenvalue weighted by atomic mass is 19.4. The van der Waals surface area contributed by atoms with Gasteiger partial charge < -0.3 is 19.6 Å². The summed E-state index contributed by atoms with van der Waals surface area (Å²) in [7, 11) is 3.33. The molecule has 5 rings (SSSR count). The van der Waals surface area contributed by atoms with Crippen LogP contribution in [0.1, 0.15) is 48.4 Å². The Balaban J connectivity index is 0.000000364. The SMILES string of the molecule is COc1cc2c(cc1OC)[C@@H]1CCCC[C@@H]1N=C2c1cc2cc(F)ccc2[nH]1.O=C(O)C(F)(F)F. The topological polar surface area (TPSA) is 83.9 Å². The van der Waals surface area contributed by atoms with Gasteiger partial charge >= 0.3 is 12.1 Å². The van der Waals surface area contributed by atoms with Crippen LogP contribution >= 0.6 is 0 Å². The molecule has 1 fully saturated rings. The van der Waals surface area contributed by atoms with Crippen LogP contribution in [0.4, 0.5) is 17.6 Å². The molecule has 1 aliphatic carbocycles. The Morgan fingerprint density at radius 3 is 2.37 bits per heavy atom. The summed E-state index contributed by atoms with van der Waals surface area (Å²) in [6.45, 7) is 0. The lowest BCUT2D eigenvalue weighted by Gasteiger charge is -2.35. The van der Waals surface area contributed by atoms with E-state index in [2.05, 4.69) is 11.1 Å². The zero-order chi connectivity index (χ0) is 25.3. The third-order valence-corrected chi connectivity index (χ3v) is 6.32. The lowest BCUT2D eigenvalue weighted by atomic mass is 9.75. The minimum absolute atomic E-state index is 0.234. The number of ether oxygens (including phenoxy) is 2. The van der Waals surface area contributed by atoms with Crippen LogP contribution in [-0.2, 0) is 4.79 Å². The fourth-order valence-electron chi connectivity index (χ4n) is 4.72.